The Balaban J connectivity index is 0.00000261. The van der Waals surface area contributed by atoms with Crippen LogP contribution in [0.1, 0.15) is 38.2 Å². The fourth-order valence-electron chi connectivity index (χ4n) is 3.75. The highest BCUT2D eigenvalue weighted by atomic mass is 127. The molecule has 0 spiro atoms. The second-order valence-corrected chi connectivity index (χ2v) is 8.90. The van der Waals surface area contributed by atoms with Crippen LogP contribution in [0, 0.1) is 0 Å². The molecule has 0 amide bonds. The fraction of sp³-hybridized carbons (Fsp3) is 0.650. The van der Waals surface area contributed by atoms with Crippen LogP contribution >= 0.6 is 47.3 Å². The molecule has 2 saturated heterocycles. The summed E-state index contributed by atoms with van der Waals surface area (Å²) in [5, 5.41) is 8.48. The topological polar surface area (TPSA) is 45.7 Å². The Kier molecular flexibility index (Phi) is 10.0. The van der Waals surface area contributed by atoms with E-state index >= 15 is 0 Å². The molecule has 1 unspecified atom stereocenters. The molecule has 0 radical (unpaired) electrons. The van der Waals surface area contributed by atoms with Crippen LogP contribution in [0.4, 0.5) is 0 Å². The van der Waals surface area contributed by atoms with Crippen LogP contribution in [-0.2, 0) is 10.2 Å². The van der Waals surface area contributed by atoms with Crippen molar-refractivity contribution in [1.29, 1.82) is 0 Å². The molecule has 2 N–H and O–H groups in total. The Morgan fingerprint density at radius 3 is 2.74 bits per heavy atom. The molecular formula is C20H31ClIN3OS. The minimum Gasteiger partial charge on any atom is -0.381 e. The van der Waals surface area contributed by atoms with Crippen molar-refractivity contribution in [3.05, 3.63) is 34.9 Å². The standard InChI is InChI=1S/C20H30ClN3OS.HI/c1-2-22-19(23-14-16-6-5-13-26-16)24-15-20(9-11-25-12-10-20)17-7-3-4-8-18(17)21;/h3-4,7-8,16H,2,5-6,9-15H2,1H3,(H2,22,23,24);1H. The molecule has 1 aromatic rings. The summed E-state index contributed by atoms with van der Waals surface area (Å²) in [7, 11) is 0. The van der Waals surface area contributed by atoms with E-state index in [1.165, 1.54) is 24.2 Å². The number of nitrogens with one attached hydrogen (secondary N) is 2. The summed E-state index contributed by atoms with van der Waals surface area (Å²) in [6.45, 7) is 6.23. The lowest BCUT2D eigenvalue weighted by atomic mass is 9.74. The van der Waals surface area contributed by atoms with E-state index in [-0.39, 0.29) is 29.4 Å². The maximum atomic E-state index is 6.55. The summed E-state index contributed by atoms with van der Waals surface area (Å²) in [6, 6.07) is 8.20. The first-order valence-corrected chi connectivity index (χ1v) is 11.1. The number of hydrogen-bond acceptors (Lipinski definition) is 3. The summed E-state index contributed by atoms with van der Waals surface area (Å²) in [4.78, 5) is 4.96. The monoisotopic (exact) mass is 523 g/mol. The summed E-state index contributed by atoms with van der Waals surface area (Å²) in [5.41, 5.74) is 1.16. The maximum absolute atomic E-state index is 6.55. The van der Waals surface area contributed by atoms with E-state index in [1.807, 2.05) is 12.1 Å². The van der Waals surface area contributed by atoms with E-state index in [0.717, 1.165) is 56.7 Å². The van der Waals surface area contributed by atoms with Gasteiger partial charge in [0.1, 0.15) is 0 Å². The van der Waals surface area contributed by atoms with E-state index in [2.05, 4.69) is 41.5 Å². The minimum atomic E-state index is -0.0406. The second kappa shape index (κ2) is 11.7. The van der Waals surface area contributed by atoms with E-state index in [9.17, 15) is 0 Å². The van der Waals surface area contributed by atoms with Crippen LogP contribution < -0.4 is 10.6 Å². The first-order chi connectivity index (χ1) is 12.7. The number of rotatable bonds is 6. The average molecular weight is 524 g/mol. The van der Waals surface area contributed by atoms with Gasteiger partial charge in [0, 0.05) is 42.0 Å². The zero-order valence-electron chi connectivity index (χ0n) is 16.0. The largest absolute Gasteiger partial charge is 0.381 e. The van der Waals surface area contributed by atoms with Crippen LogP contribution in [0.2, 0.25) is 5.02 Å². The van der Waals surface area contributed by atoms with Crippen LogP contribution in [0.3, 0.4) is 0 Å². The molecule has 2 heterocycles. The van der Waals surface area contributed by atoms with E-state index in [1.54, 1.807) is 0 Å². The summed E-state index contributed by atoms with van der Waals surface area (Å²) in [6.07, 6.45) is 4.55. The van der Waals surface area contributed by atoms with Crippen molar-refractivity contribution in [3.63, 3.8) is 0 Å². The van der Waals surface area contributed by atoms with Crippen LogP contribution in [0.5, 0.6) is 0 Å². The molecule has 1 aromatic carbocycles. The minimum absolute atomic E-state index is 0. The molecule has 2 aliphatic heterocycles. The third-order valence-corrected chi connectivity index (χ3v) is 7.03. The molecule has 152 valence electrons. The molecule has 4 nitrogen and oxygen atoms in total. The van der Waals surface area contributed by atoms with Gasteiger partial charge in [0.15, 0.2) is 5.96 Å². The lowest BCUT2D eigenvalue weighted by Crippen LogP contribution is -2.42. The van der Waals surface area contributed by atoms with Gasteiger partial charge in [-0.15, -0.1) is 24.0 Å². The number of guanidine groups is 1. The molecule has 7 heteroatoms. The van der Waals surface area contributed by atoms with Gasteiger partial charge < -0.3 is 15.4 Å². The molecule has 0 aromatic heterocycles. The summed E-state index contributed by atoms with van der Waals surface area (Å²) < 4.78 is 5.63. The summed E-state index contributed by atoms with van der Waals surface area (Å²) >= 11 is 8.61. The number of nitrogens with zero attached hydrogens (tertiary/aromatic N) is 1. The highest BCUT2D eigenvalue weighted by Gasteiger charge is 2.36. The van der Waals surface area contributed by atoms with Crippen LogP contribution in [-0.4, -0.2) is 49.8 Å². The van der Waals surface area contributed by atoms with Crippen molar-refractivity contribution < 1.29 is 4.74 Å². The van der Waals surface area contributed by atoms with Gasteiger partial charge in [-0.3, -0.25) is 4.99 Å². The zero-order chi connectivity index (χ0) is 18.2. The molecule has 0 saturated carbocycles. The quantitative estimate of drug-likeness (QED) is 0.328. The van der Waals surface area contributed by atoms with Gasteiger partial charge in [-0.25, -0.2) is 0 Å². The van der Waals surface area contributed by atoms with Gasteiger partial charge in [0.2, 0.25) is 0 Å². The SMILES string of the molecule is CCNC(=NCC1(c2ccccc2Cl)CCOCC1)NCC1CCCS1.I. The van der Waals surface area contributed by atoms with Crippen molar-refractivity contribution in [2.24, 2.45) is 4.99 Å². The fourth-order valence-corrected chi connectivity index (χ4v) is 5.29. The molecule has 0 aliphatic carbocycles. The Bertz CT molecular complexity index is 605. The highest BCUT2D eigenvalue weighted by Crippen LogP contribution is 2.38. The molecule has 0 bridgehead atoms. The first-order valence-electron chi connectivity index (χ1n) is 9.70. The molecule has 2 aliphatic rings. The Morgan fingerprint density at radius 1 is 1.30 bits per heavy atom. The highest BCUT2D eigenvalue weighted by molar-refractivity contribution is 14.0. The maximum Gasteiger partial charge on any atom is 0.191 e. The van der Waals surface area contributed by atoms with Gasteiger partial charge in [-0.2, -0.15) is 11.8 Å². The smallest absolute Gasteiger partial charge is 0.191 e. The van der Waals surface area contributed by atoms with Gasteiger partial charge in [0.25, 0.3) is 0 Å². The second-order valence-electron chi connectivity index (χ2n) is 7.08. The molecule has 27 heavy (non-hydrogen) atoms. The van der Waals surface area contributed by atoms with E-state index in [4.69, 9.17) is 21.3 Å². The average Bonchev–Trinajstić information content (AvgIpc) is 3.19. The van der Waals surface area contributed by atoms with Crippen molar-refractivity contribution in [1.82, 2.24) is 10.6 Å². The Labute approximate surface area is 189 Å². The van der Waals surface area contributed by atoms with Crippen molar-refractivity contribution in [3.8, 4) is 0 Å². The number of thioether (sulfide) groups is 1. The molecule has 1 atom stereocenters. The van der Waals surface area contributed by atoms with E-state index in [0.29, 0.717) is 5.25 Å². The number of aliphatic imine (C=N–C) groups is 1. The van der Waals surface area contributed by atoms with Gasteiger partial charge in [-0.05, 0) is 50.0 Å². The predicted molar refractivity (Wildman–Crippen MR) is 128 cm³/mol. The van der Waals surface area contributed by atoms with Crippen LogP contribution in [0.25, 0.3) is 0 Å². The number of hydrogen-bond donors (Lipinski definition) is 2. The van der Waals surface area contributed by atoms with Gasteiger partial charge in [-0.1, -0.05) is 29.8 Å². The number of ether oxygens (including phenoxy) is 1. The number of benzene rings is 1. The Morgan fingerprint density at radius 2 is 2.07 bits per heavy atom. The molecular weight excluding hydrogens is 493 g/mol. The molecule has 3 rings (SSSR count). The third kappa shape index (κ3) is 6.41. The third-order valence-electron chi connectivity index (χ3n) is 5.30. The van der Waals surface area contributed by atoms with Gasteiger partial charge >= 0.3 is 0 Å². The van der Waals surface area contributed by atoms with Crippen molar-refractivity contribution in [2.75, 3.05) is 38.6 Å². The predicted octanol–water partition coefficient (Wildman–Crippen LogP) is 4.46. The Hall–Kier alpha value is -0.180. The van der Waals surface area contributed by atoms with Gasteiger partial charge in [0.05, 0.1) is 6.54 Å². The van der Waals surface area contributed by atoms with Crippen LogP contribution in [0.15, 0.2) is 29.3 Å². The van der Waals surface area contributed by atoms with E-state index < -0.39 is 0 Å². The van der Waals surface area contributed by atoms with Crippen molar-refractivity contribution >= 4 is 53.3 Å². The lowest BCUT2D eigenvalue weighted by Gasteiger charge is -2.37. The lowest BCUT2D eigenvalue weighted by molar-refractivity contribution is 0.0531. The number of halogens is 2. The van der Waals surface area contributed by atoms with Crippen molar-refractivity contribution in [2.45, 2.75) is 43.3 Å². The first kappa shape index (κ1) is 23.1. The summed E-state index contributed by atoms with van der Waals surface area (Å²) in [5.74, 6) is 2.20. The zero-order valence-corrected chi connectivity index (χ0v) is 19.9. The molecule has 2 fully saturated rings. The normalized spacial score (nSPS) is 22.1.